The molecule has 0 aromatic heterocycles. The minimum Gasteiger partial charge on any atom is -0.508 e. The van der Waals surface area contributed by atoms with Crippen LogP contribution >= 0.6 is 0 Å². The van der Waals surface area contributed by atoms with Crippen molar-refractivity contribution in [2.75, 3.05) is 0 Å². The highest BCUT2D eigenvalue weighted by Crippen LogP contribution is 2.29. The van der Waals surface area contributed by atoms with Crippen molar-refractivity contribution in [2.45, 2.75) is 51.4 Å². The summed E-state index contributed by atoms with van der Waals surface area (Å²) in [4.78, 5) is 0. The summed E-state index contributed by atoms with van der Waals surface area (Å²) >= 11 is 0. The Morgan fingerprint density at radius 3 is 1.91 bits per heavy atom. The lowest BCUT2D eigenvalue weighted by Crippen LogP contribution is -2.00. The fraction of sp³-hybridized carbons (Fsp3) is 0.400. The molecule has 0 saturated heterocycles. The molecule has 0 spiro atoms. The van der Waals surface area contributed by atoms with E-state index >= 15 is 0 Å². The van der Waals surface area contributed by atoms with Crippen molar-refractivity contribution < 1.29 is 10.2 Å². The van der Waals surface area contributed by atoms with E-state index in [1.54, 1.807) is 24.3 Å². The molecule has 0 radical (unpaired) electrons. The highest BCUT2D eigenvalue weighted by Gasteiger charge is 2.11. The Labute approximate surface area is 133 Å². The van der Waals surface area contributed by atoms with Crippen molar-refractivity contribution in [3.8, 4) is 11.5 Å². The maximum Gasteiger partial charge on any atom is 0.115 e. The van der Waals surface area contributed by atoms with Crippen molar-refractivity contribution in [2.24, 2.45) is 0 Å². The van der Waals surface area contributed by atoms with Gasteiger partial charge in [0.25, 0.3) is 0 Å². The standard InChI is InChI=1S/C20H26O2/c1-2-3-6-17(18-10-14-20(22)15-11-18)7-4-5-16-8-12-19(21)13-9-16/h8-15,17,21-22H,2-7H2,1H3. The number of hydrogen-bond donors (Lipinski definition) is 2. The first kappa shape index (κ1) is 16.4. The van der Waals surface area contributed by atoms with E-state index < -0.39 is 0 Å². The largest absolute Gasteiger partial charge is 0.508 e. The third-order valence-corrected chi connectivity index (χ3v) is 4.23. The minimum absolute atomic E-state index is 0.327. The first-order valence-electron chi connectivity index (χ1n) is 8.26. The summed E-state index contributed by atoms with van der Waals surface area (Å²) in [5.74, 6) is 1.23. The average Bonchev–Trinajstić information content (AvgIpc) is 2.53. The summed E-state index contributed by atoms with van der Waals surface area (Å²) in [5, 5.41) is 18.8. The Morgan fingerprint density at radius 2 is 1.32 bits per heavy atom. The molecule has 0 aliphatic rings. The summed E-state index contributed by atoms with van der Waals surface area (Å²) in [7, 11) is 0. The number of phenols is 2. The molecule has 0 heterocycles. The maximum absolute atomic E-state index is 9.44. The zero-order valence-electron chi connectivity index (χ0n) is 13.3. The van der Waals surface area contributed by atoms with Gasteiger partial charge < -0.3 is 10.2 Å². The molecule has 1 unspecified atom stereocenters. The van der Waals surface area contributed by atoms with Gasteiger partial charge in [-0.2, -0.15) is 0 Å². The first-order valence-corrected chi connectivity index (χ1v) is 8.26. The Hall–Kier alpha value is -1.96. The molecular weight excluding hydrogens is 272 g/mol. The monoisotopic (exact) mass is 298 g/mol. The van der Waals surface area contributed by atoms with Crippen molar-refractivity contribution >= 4 is 0 Å². The summed E-state index contributed by atoms with van der Waals surface area (Å²) in [6.07, 6.45) is 7.00. The summed E-state index contributed by atoms with van der Waals surface area (Å²) < 4.78 is 0. The van der Waals surface area contributed by atoms with E-state index in [0.717, 1.165) is 19.3 Å². The Bertz CT molecular complexity index is 543. The van der Waals surface area contributed by atoms with E-state index in [9.17, 15) is 10.2 Å². The topological polar surface area (TPSA) is 40.5 Å². The van der Waals surface area contributed by atoms with Crippen molar-refractivity contribution in [3.05, 3.63) is 59.7 Å². The Morgan fingerprint density at radius 1 is 0.773 bits per heavy atom. The summed E-state index contributed by atoms with van der Waals surface area (Å²) in [6.45, 7) is 2.23. The van der Waals surface area contributed by atoms with E-state index in [0.29, 0.717) is 17.4 Å². The fourth-order valence-corrected chi connectivity index (χ4v) is 2.89. The van der Waals surface area contributed by atoms with Crippen molar-refractivity contribution in [3.63, 3.8) is 0 Å². The molecule has 2 nitrogen and oxygen atoms in total. The average molecular weight is 298 g/mol. The van der Waals surface area contributed by atoms with Crippen LogP contribution in [0.3, 0.4) is 0 Å². The lowest BCUT2D eigenvalue weighted by molar-refractivity contribution is 0.473. The molecule has 2 N–H and O–H groups in total. The molecule has 0 bridgehead atoms. The van der Waals surface area contributed by atoms with Crippen molar-refractivity contribution in [1.82, 2.24) is 0 Å². The fourth-order valence-electron chi connectivity index (χ4n) is 2.89. The molecule has 1 atom stereocenters. The molecule has 2 heteroatoms. The molecule has 0 aliphatic heterocycles. The molecule has 2 rings (SSSR count). The van der Waals surface area contributed by atoms with Crippen LogP contribution in [0.15, 0.2) is 48.5 Å². The van der Waals surface area contributed by atoms with E-state index in [4.69, 9.17) is 0 Å². The predicted molar refractivity (Wildman–Crippen MR) is 91.4 cm³/mol. The second-order valence-corrected chi connectivity index (χ2v) is 5.99. The van der Waals surface area contributed by atoms with Crippen LogP contribution in [0.1, 0.15) is 56.1 Å². The molecule has 0 aliphatic carbocycles. The molecular formula is C20H26O2. The quantitative estimate of drug-likeness (QED) is 0.685. The van der Waals surface area contributed by atoms with Gasteiger partial charge in [-0.1, -0.05) is 44.0 Å². The van der Waals surface area contributed by atoms with E-state index in [1.807, 2.05) is 12.1 Å². The van der Waals surface area contributed by atoms with Gasteiger partial charge >= 0.3 is 0 Å². The van der Waals surface area contributed by atoms with Crippen LogP contribution in [0.5, 0.6) is 11.5 Å². The van der Waals surface area contributed by atoms with E-state index in [-0.39, 0.29) is 0 Å². The van der Waals surface area contributed by atoms with Crippen LogP contribution in [-0.4, -0.2) is 10.2 Å². The molecule has 118 valence electrons. The Kier molecular flexibility index (Phi) is 6.32. The highest BCUT2D eigenvalue weighted by molar-refractivity contribution is 5.28. The molecule has 22 heavy (non-hydrogen) atoms. The van der Waals surface area contributed by atoms with Crippen molar-refractivity contribution in [1.29, 1.82) is 0 Å². The number of hydrogen-bond acceptors (Lipinski definition) is 2. The van der Waals surface area contributed by atoms with Gasteiger partial charge in [0.2, 0.25) is 0 Å². The smallest absolute Gasteiger partial charge is 0.115 e. The van der Waals surface area contributed by atoms with Crippen LogP contribution in [0, 0.1) is 0 Å². The molecule has 0 saturated carbocycles. The van der Waals surface area contributed by atoms with Gasteiger partial charge in [0.05, 0.1) is 0 Å². The second-order valence-electron chi connectivity index (χ2n) is 5.99. The maximum atomic E-state index is 9.44. The first-order chi connectivity index (χ1) is 10.7. The van der Waals surface area contributed by atoms with Crippen LogP contribution in [0.4, 0.5) is 0 Å². The molecule has 2 aromatic rings. The lowest BCUT2D eigenvalue weighted by atomic mass is 9.88. The Balaban J connectivity index is 1.91. The van der Waals surface area contributed by atoms with Gasteiger partial charge in [-0.25, -0.2) is 0 Å². The summed E-state index contributed by atoms with van der Waals surface area (Å²) in [6, 6.07) is 15.2. The zero-order valence-corrected chi connectivity index (χ0v) is 13.3. The van der Waals surface area contributed by atoms with Gasteiger partial charge in [0.15, 0.2) is 0 Å². The number of aromatic hydroxyl groups is 2. The SMILES string of the molecule is CCCCC(CCCc1ccc(O)cc1)c1ccc(O)cc1. The van der Waals surface area contributed by atoms with Gasteiger partial charge in [0, 0.05) is 0 Å². The van der Waals surface area contributed by atoms with Crippen LogP contribution < -0.4 is 0 Å². The van der Waals surface area contributed by atoms with Gasteiger partial charge in [-0.3, -0.25) is 0 Å². The number of aryl methyl sites for hydroxylation is 1. The number of phenolic OH excluding ortho intramolecular Hbond substituents is 2. The normalized spacial score (nSPS) is 12.2. The van der Waals surface area contributed by atoms with Gasteiger partial charge in [0.1, 0.15) is 11.5 Å². The van der Waals surface area contributed by atoms with Crippen LogP contribution in [0.25, 0.3) is 0 Å². The predicted octanol–water partition coefficient (Wildman–Crippen LogP) is 5.39. The number of benzene rings is 2. The third kappa shape index (κ3) is 5.10. The zero-order chi connectivity index (χ0) is 15.8. The summed E-state index contributed by atoms with van der Waals surface area (Å²) in [5.41, 5.74) is 2.61. The third-order valence-electron chi connectivity index (χ3n) is 4.23. The molecule has 2 aromatic carbocycles. The molecule has 0 amide bonds. The number of unbranched alkanes of at least 4 members (excludes halogenated alkanes) is 1. The van der Waals surface area contributed by atoms with Crippen LogP contribution in [0.2, 0.25) is 0 Å². The second kappa shape index (κ2) is 8.47. The van der Waals surface area contributed by atoms with E-state index in [1.165, 1.54) is 30.4 Å². The molecule has 0 fully saturated rings. The van der Waals surface area contributed by atoms with Gasteiger partial charge in [-0.05, 0) is 67.0 Å². The van der Waals surface area contributed by atoms with Crippen LogP contribution in [-0.2, 0) is 6.42 Å². The lowest BCUT2D eigenvalue weighted by Gasteiger charge is -2.17. The highest BCUT2D eigenvalue weighted by atomic mass is 16.3. The minimum atomic E-state index is 0.327. The van der Waals surface area contributed by atoms with E-state index in [2.05, 4.69) is 19.1 Å². The number of rotatable bonds is 8. The van der Waals surface area contributed by atoms with Gasteiger partial charge in [-0.15, -0.1) is 0 Å².